The van der Waals surface area contributed by atoms with Crippen molar-refractivity contribution in [2.24, 2.45) is 22.7 Å². The number of aliphatic hydroxyl groups excluding tert-OH is 2. The minimum absolute atomic E-state index is 0. The van der Waals surface area contributed by atoms with Crippen molar-refractivity contribution in [3.05, 3.63) is 79.0 Å². The molecule has 195 valence electrons. The predicted octanol–water partition coefficient (Wildman–Crippen LogP) is 7.18. The fraction of sp³-hybridized carbons (Fsp3) is 0.469. The Morgan fingerprint density at radius 2 is 1.44 bits per heavy atom. The molecule has 4 heteroatoms. The second-order valence-corrected chi connectivity index (χ2v) is 11.7. The van der Waals surface area contributed by atoms with E-state index in [-0.39, 0.29) is 49.1 Å². The van der Waals surface area contributed by atoms with Crippen molar-refractivity contribution >= 4 is 0 Å². The molecule has 4 atom stereocenters. The van der Waals surface area contributed by atoms with E-state index in [0.717, 1.165) is 29.7 Å². The van der Waals surface area contributed by atoms with Crippen LogP contribution in [0, 0.1) is 28.7 Å². The number of hydrogen-bond acceptors (Lipinski definition) is 3. The van der Waals surface area contributed by atoms with Crippen LogP contribution < -0.4 is 0 Å². The molecule has 2 fully saturated rings. The summed E-state index contributed by atoms with van der Waals surface area (Å²) >= 11 is 0. The zero-order valence-corrected chi connectivity index (χ0v) is 24.3. The van der Waals surface area contributed by atoms with Crippen molar-refractivity contribution < 1.29 is 30.3 Å². The van der Waals surface area contributed by atoms with Crippen molar-refractivity contribution in [2.45, 2.75) is 72.0 Å². The predicted molar refractivity (Wildman–Crippen MR) is 144 cm³/mol. The van der Waals surface area contributed by atoms with Gasteiger partial charge in [0, 0.05) is 32.2 Å². The molecule has 3 nitrogen and oxygen atoms in total. The standard InChI is InChI=1S/C17H12N.C15H28O2.Ir/c1-3-7-14(8-4-1)16-11-12-17(18-13-16)15-9-5-2-6-10-15;1-14(2)8-5-6-10-7-9-15(3,4)13(17)11(10)12(14)16;/h1-9,11-13H;10-13,16-17H,5-9H2,1-4H3;/q-1;;. The van der Waals surface area contributed by atoms with Crippen LogP contribution in [0.3, 0.4) is 0 Å². The molecule has 1 radical (unpaired) electrons. The van der Waals surface area contributed by atoms with E-state index in [0.29, 0.717) is 5.92 Å². The average Bonchev–Trinajstić information content (AvgIpc) is 2.99. The number of rotatable bonds is 2. The molecular formula is C32H40IrNO2-. The molecule has 0 amide bonds. The third kappa shape index (κ3) is 6.53. The molecule has 36 heavy (non-hydrogen) atoms. The Labute approximate surface area is 230 Å². The van der Waals surface area contributed by atoms with Crippen LogP contribution in [0.25, 0.3) is 22.4 Å². The Morgan fingerprint density at radius 3 is 2.06 bits per heavy atom. The van der Waals surface area contributed by atoms with Crippen molar-refractivity contribution in [3.8, 4) is 22.4 Å². The molecule has 2 aromatic carbocycles. The minimum atomic E-state index is -0.357. The molecule has 1 heterocycles. The van der Waals surface area contributed by atoms with Crippen LogP contribution >= 0.6 is 0 Å². The van der Waals surface area contributed by atoms with Gasteiger partial charge in [-0.3, -0.25) is 0 Å². The molecule has 2 N–H and O–H groups in total. The Kier molecular flexibility index (Phi) is 9.68. The molecule has 4 unspecified atom stereocenters. The third-order valence-corrected chi connectivity index (χ3v) is 8.29. The minimum Gasteiger partial charge on any atom is -0.392 e. The van der Waals surface area contributed by atoms with Gasteiger partial charge in [0.1, 0.15) is 0 Å². The Bertz CT molecular complexity index is 1010. The van der Waals surface area contributed by atoms with E-state index in [1.807, 2.05) is 54.7 Å². The van der Waals surface area contributed by atoms with Gasteiger partial charge < -0.3 is 15.2 Å². The first kappa shape index (κ1) is 28.7. The van der Waals surface area contributed by atoms with Crippen molar-refractivity contribution in [1.82, 2.24) is 4.98 Å². The van der Waals surface area contributed by atoms with Crippen LogP contribution in [-0.4, -0.2) is 27.4 Å². The first-order chi connectivity index (χ1) is 16.7. The Balaban J connectivity index is 0.000000196. The number of aliphatic hydroxyl groups is 2. The second kappa shape index (κ2) is 12.1. The molecule has 2 aliphatic carbocycles. The van der Waals surface area contributed by atoms with Gasteiger partial charge in [-0.05, 0) is 59.3 Å². The Morgan fingerprint density at radius 1 is 0.778 bits per heavy atom. The van der Waals surface area contributed by atoms with Gasteiger partial charge in [0.05, 0.1) is 12.2 Å². The van der Waals surface area contributed by atoms with Gasteiger partial charge in [0.2, 0.25) is 0 Å². The van der Waals surface area contributed by atoms with Gasteiger partial charge in [0.25, 0.3) is 0 Å². The molecule has 2 aliphatic rings. The Hall–Kier alpha value is -1.84. The number of nitrogens with zero attached hydrogens (tertiary/aromatic N) is 1. The second-order valence-electron chi connectivity index (χ2n) is 11.7. The van der Waals surface area contributed by atoms with E-state index in [2.05, 4.69) is 56.9 Å². The van der Waals surface area contributed by atoms with Crippen molar-refractivity contribution in [3.63, 3.8) is 0 Å². The molecule has 1 aromatic heterocycles. The summed E-state index contributed by atoms with van der Waals surface area (Å²) in [5.41, 5.74) is 4.22. The number of benzene rings is 2. The number of pyridine rings is 1. The topological polar surface area (TPSA) is 53.4 Å². The molecule has 0 saturated heterocycles. The maximum Gasteiger partial charge on any atom is 0.0646 e. The summed E-state index contributed by atoms with van der Waals surface area (Å²) < 4.78 is 0. The van der Waals surface area contributed by atoms with Gasteiger partial charge in [-0.25, -0.2) is 0 Å². The summed E-state index contributed by atoms with van der Waals surface area (Å²) in [6.07, 6.45) is 6.90. The van der Waals surface area contributed by atoms with Crippen LogP contribution in [0.5, 0.6) is 0 Å². The van der Waals surface area contributed by atoms with Crippen LogP contribution in [0.1, 0.15) is 59.8 Å². The summed E-state index contributed by atoms with van der Waals surface area (Å²) in [7, 11) is 0. The van der Waals surface area contributed by atoms with E-state index in [4.69, 9.17) is 0 Å². The van der Waals surface area contributed by atoms with E-state index in [9.17, 15) is 10.2 Å². The molecular weight excluding hydrogens is 623 g/mol. The average molecular weight is 663 g/mol. The van der Waals surface area contributed by atoms with Crippen LogP contribution in [0.15, 0.2) is 72.9 Å². The van der Waals surface area contributed by atoms with Gasteiger partial charge >= 0.3 is 0 Å². The first-order valence-corrected chi connectivity index (χ1v) is 13.0. The van der Waals surface area contributed by atoms with Gasteiger partial charge in [-0.2, -0.15) is 0 Å². The molecule has 0 aliphatic heterocycles. The normalized spacial score (nSPS) is 26.3. The summed E-state index contributed by atoms with van der Waals surface area (Å²) in [5.74, 6) is 0.603. The molecule has 2 saturated carbocycles. The van der Waals surface area contributed by atoms with Crippen LogP contribution in [0.2, 0.25) is 0 Å². The van der Waals surface area contributed by atoms with Crippen molar-refractivity contribution in [2.75, 3.05) is 0 Å². The monoisotopic (exact) mass is 663 g/mol. The summed E-state index contributed by atoms with van der Waals surface area (Å²) in [5, 5.41) is 21.3. The van der Waals surface area contributed by atoms with Crippen molar-refractivity contribution in [1.29, 1.82) is 0 Å². The zero-order valence-electron chi connectivity index (χ0n) is 21.9. The van der Waals surface area contributed by atoms with E-state index in [1.165, 1.54) is 24.8 Å². The SMILES string of the molecule is CC1(C)CCCC2CCC(C)(C)C(O)C2C1O.[Ir].[c-]1ccccc1-c1ccc(-c2ccccc2)cn1. The molecule has 5 rings (SSSR count). The molecule has 0 spiro atoms. The quantitative estimate of drug-likeness (QED) is 0.286. The molecule has 0 bridgehead atoms. The fourth-order valence-corrected chi connectivity index (χ4v) is 5.84. The van der Waals surface area contributed by atoms with Gasteiger partial charge in [-0.1, -0.05) is 76.6 Å². The summed E-state index contributed by atoms with van der Waals surface area (Å²) in [4.78, 5) is 4.49. The first-order valence-electron chi connectivity index (χ1n) is 13.0. The van der Waals surface area contributed by atoms with Crippen LogP contribution in [0.4, 0.5) is 0 Å². The summed E-state index contributed by atoms with van der Waals surface area (Å²) in [6, 6.07) is 25.5. The summed E-state index contributed by atoms with van der Waals surface area (Å²) in [6.45, 7) is 8.57. The fourth-order valence-electron chi connectivity index (χ4n) is 5.84. The smallest absolute Gasteiger partial charge is 0.0646 e. The number of aromatic nitrogens is 1. The maximum atomic E-state index is 10.7. The van der Waals surface area contributed by atoms with Gasteiger partial charge in [-0.15, -0.1) is 35.9 Å². The van der Waals surface area contributed by atoms with Crippen LogP contribution in [-0.2, 0) is 20.1 Å². The van der Waals surface area contributed by atoms with E-state index < -0.39 is 0 Å². The third-order valence-electron chi connectivity index (χ3n) is 8.29. The van der Waals surface area contributed by atoms with E-state index in [1.54, 1.807) is 0 Å². The van der Waals surface area contributed by atoms with Gasteiger partial charge in [0.15, 0.2) is 0 Å². The maximum absolute atomic E-state index is 10.7. The largest absolute Gasteiger partial charge is 0.392 e. The number of hydrogen-bond donors (Lipinski definition) is 2. The zero-order chi connectivity index (χ0) is 25.1. The van der Waals surface area contributed by atoms with E-state index >= 15 is 0 Å². The molecule has 3 aromatic rings. The number of fused-ring (bicyclic) bond motifs is 1.